The Morgan fingerprint density at radius 2 is 0.616 bits per heavy atom. The summed E-state index contributed by atoms with van der Waals surface area (Å²) in [6.45, 7) is 19.5. The second-order valence-corrected chi connectivity index (χ2v) is 31.0. The third-order valence-corrected chi connectivity index (χ3v) is 21.6. The molecule has 0 aromatic carbocycles. The van der Waals surface area contributed by atoms with E-state index in [1.54, 1.807) is 0 Å². The summed E-state index contributed by atoms with van der Waals surface area (Å²) in [5.41, 5.74) is 11.8. The molecule has 0 radical (unpaired) electrons. The van der Waals surface area contributed by atoms with E-state index in [2.05, 4.69) is 90.4 Å². The number of carbonyl (C=O) groups is 12. The molecule has 0 bridgehead atoms. The van der Waals surface area contributed by atoms with Gasteiger partial charge in [0.05, 0.1) is 83.6 Å². The average molecular weight is 1390 g/mol. The zero-order chi connectivity index (χ0) is 71.8. The number of nitrogens with one attached hydrogen (secondary N) is 17. The summed E-state index contributed by atoms with van der Waals surface area (Å²) < 4.78 is 0. The van der Waals surface area contributed by atoms with E-state index in [0.717, 1.165) is 25.7 Å². The third-order valence-electron chi connectivity index (χ3n) is 21.6. The lowest BCUT2D eigenvalue weighted by atomic mass is 9.95. The Hall–Kier alpha value is -6.64. The lowest BCUT2D eigenvalue weighted by Crippen LogP contribution is -2.54. The standard InChI is InChI=1S/C68H117N19O12/c1-33(2)15-37(17-58(89)80-53-29-74-24-44(53)67(98)86-51-27-71-21-41(51)61(70)92)77-64(95)42-22-72-28-52(42)79-57(88)18-38(16-34(3)4)78-65(96)46-26-76-32-56(46)87-68(99)45-25-75-31-55(45)82-60(91)20-50(36(7)8)85-66(97)43-23-73-30-54(43)81-59(90)19-49(35(5)6)84-63(94)40-12-10-14-48(40)83-62(93)39-11-9-13-47(39)69/h33-56,71-76H,9-32,69H2,1-8H3,(H2,70,92)(H,77,95)(H,78,96)(H,79,88)(H,80,89)(H,81,90)(H,82,91)(H,83,93)(H,84,94)(H,85,97)(H,86,98)(H,87,99)/t37-,38-,39-,40-,41-,42-,43-,44-,45-,46-,47-,48-,49+,50+,51-,52-,53-,54-,55-,56-/m0/s1. The molecule has 12 amide bonds. The minimum absolute atomic E-state index is 0.00932. The van der Waals surface area contributed by atoms with Crippen molar-refractivity contribution in [2.24, 2.45) is 82.5 Å². The van der Waals surface area contributed by atoms with E-state index in [-0.39, 0.29) is 152 Å². The summed E-state index contributed by atoms with van der Waals surface area (Å²) in [6.07, 6.45) is 5.34. The molecule has 0 aromatic heterocycles. The van der Waals surface area contributed by atoms with Gasteiger partial charge in [0, 0.05) is 140 Å². The fraction of sp³-hybridized carbons (Fsp3) is 0.824. The molecule has 6 heterocycles. The molecule has 556 valence electrons. The Bertz CT molecular complexity index is 2850. The van der Waals surface area contributed by atoms with Crippen molar-refractivity contribution in [1.29, 1.82) is 0 Å². The first-order valence-electron chi connectivity index (χ1n) is 36.7. The molecule has 2 aliphatic carbocycles. The lowest BCUT2D eigenvalue weighted by molar-refractivity contribution is -0.131. The van der Waals surface area contributed by atoms with Crippen molar-refractivity contribution in [3.05, 3.63) is 0 Å². The fourth-order valence-electron chi connectivity index (χ4n) is 15.8. The topological polar surface area (TPSA) is 461 Å². The van der Waals surface area contributed by atoms with Gasteiger partial charge in [0.1, 0.15) is 0 Å². The van der Waals surface area contributed by atoms with Crippen molar-refractivity contribution >= 4 is 70.9 Å². The SMILES string of the molecule is CC(C)C[C@@H](CC(=O)N[C@H]1CNC[C@@H]1C(=O)N[C@H]1CNC[C@@H]1C(N)=O)NC(=O)[C@H]1CNC[C@@H]1NC(=O)C[C@H](CC(C)C)NC(=O)[C@H]1CNC[C@@H]1NC(=O)[C@H]1CNC[C@@H]1NC(=O)C[C@@H](NC(=O)[C@H]1CNC[C@@H]1NC(=O)C[C@@H](NC(=O)[C@H]1CCC[C@@H]1NC(=O)[C@H]1CCC[C@@H]1N)C(C)C)C(C)C. The van der Waals surface area contributed by atoms with Gasteiger partial charge >= 0.3 is 0 Å². The van der Waals surface area contributed by atoms with Gasteiger partial charge in [0.2, 0.25) is 70.9 Å². The Balaban J connectivity index is 0.767. The fourth-order valence-corrected chi connectivity index (χ4v) is 15.8. The maximum Gasteiger partial charge on any atom is 0.226 e. The highest BCUT2D eigenvalue weighted by Gasteiger charge is 2.45. The zero-order valence-corrected chi connectivity index (χ0v) is 59.4. The Morgan fingerprint density at radius 1 is 0.323 bits per heavy atom. The molecule has 0 spiro atoms. The number of hydrogen-bond donors (Lipinski definition) is 19. The van der Waals surface area contributed by atoms with Crippen molar-refractivity contribution in [2.75, 3.05) is 78.5 Å². The molecule has 0 unspecified atom stereocenters. The molecule has 6 saturated heterocycles. The molecule has 99 heavy (non-hydrogen) atoms. The van der Waals surface area contributed by atoms with Crippen LogP contribution in [0.5, 0.6) is 0 Å². The van der Waals surface area contributed by atoms with Gasteiger partial charge < -0.3 is 102 Å². The molecule has 31 heteroatoms. The van der Waals surface area contributed by atoms with Crippen molar-refractivity contribution in [2.45, 2.75) is 205 Å². The normalized spacial score (nSPS) is 30.9. The van der Waals surface area contributed by atoms with Gasteiger partial charge in [-0.15, -0.1) is 0 Å². The second-order valence-electron chi connectivity index (χ2n) is 31.0. The monoisotopic (exact) mass is 1390 g/mol. The average Bonchev–Trinajstić information content (AvgIpc) is 1.75. The molecule has 21 N–H and O–H groups in total. The van der Waals surface area contributed by atoms with Gasteiger partial charge in [-0.3, -0.25) is 57.5 Å². The quantitative estimate of drug-likeness (QED) is 0.0293. The van der Waals surface area contributed by atoms with Gasteiger partial charge in [-0.1, -0.05) is 68.2 Å². The maximum absolute atomic E-state index is 14.2. The van der Waals surface area contributed by atoms with Gasteiger partial charge in [0.15, 0.2) is 0 Å². The first-order valence-corrected chi connectivity index (χ1v) is 36.7. The number of primary amides is 1. The van der Waals surface area contributed by atoms with Gasteiger partial charge in [-0.05, 0) is 62.2 Å². The lowest BCUT2D eigenvalue weighted by Gasteiger charge is -2.29. The van der Waals surface area contributed by atoms with Crippen molar-refractivity contribution in [1.82, 2.24) is 90.4 Å². The highest BCUT2D eigenvalue weighted by Crippen LogP contribution is 2.30. The van der Waals surface area contributed by atoms with Gasteiger partial charge in [-0.2, -0.15) is 0 Å². The van der Waals surface area contributed by atoms with Gasteiger partial charge in [-0.25, -0.2) is 0 Å². The summed E-state index contributed by atoms with van der Waals surface area (Å²) in [4.78, 5) is 164. The second kappa shape index (κ2) is 36.8. The largest absolute Gasteiger partial charge is 0.369 e. The Labute approximate surface area is 582 Å². The van der Waals surface area contributed by atoms with E-state index in [4.69, 9.17) is 11.5 Å². The van der Waals surface area contributed by atoms with Crippen LogP contribution in [0.2, 0.25) is 0 Å². The van der Waals surface area contributed by atoms with Crippen molar-refractivity contribution in [3.63, 3.8) is 0 Å². The number of carbonyl (C=O) groups excluding carboxylic acids is 12. The first-order chi connectivity index (χ1) is 47.1. The third kappa shape index (κ3) is 22.2. The molecule has 8 rings (SSSR count). The van der Waals surface area contributed by atoms with Crippen LogP contribution in [-0.4, -0.2) is 222 Å². The van der Waals surface area contributed by atoms with E-state index in [0.29, 0.717) is 84.6 Å². The zero-order valence-electron chi connectivity index (χ0n) is 59.4. The maximum atomic E-state index is 14.2. The molecule has 31 nitrogen and oxygen atoms in total. The van der Waals surface area contributed by atoms with Gasteiger partial charge in [0.25, 0.3) is 0 Å². The summed E-state index contributed by atoms with van der Waals surface area (Å²) in [5, 5.41) is 52.7. The van der Waals surface area contributed by atoms with E-state index in [9.17, 15) is 57.5 Å². The summed E-state index contributed by atoms with van der Waals surface area (Å²) in [5.74, 6) is -8.31. The first kappa shape index (κ1) is 78.1. The molecule has 20 atom stereocenters. The van der Waals surface area contributed by atoms with Crippen LogP contribution < -0.4 is 102 Å². The van der Waals surface area contributed by atoms with Crippen molar-refractivity contribution < 1.29 is 57.5 Å². The Morgan fingerprint density at radius 3 is 0.970 bits per heavy atom. The van der Waals surface area contributed by atoms with E-state index in [1.165, 1.54) is 0 Å². The number of amides is 12. The molecular formula is C68H117N19O12. The molecule has 0 aromatic rings. The predicted molar refractivity (Wildman–Crippen MR) is 368 cm³/mol. The summed E-state index contributed by atoms with van der Waals surface area (Å²) in [6, 6.07) is -5.98. The highest BCUT2D eigenvalue weighted by molar-refractivity contribution is 5.89. The van der Waals surface area contributed by atoms with Crippen LogP contribution in [0.4, 0.5) is 0 Å². The van der Waals surface area contributed by atoms with Crippen LogP contribution in [0.3, 0.4) is 0 Å². The molecular weight excluding hydrogens is 1270 g/mol. The van der Waals surface area contributed by atoms with Crippen LogP contribution >= 0.6 is 0 Å². The van der Waals surface area contributed by atoms with E-state index < -0.39 is 108 Å². The number of nitrogens with two attached hydrogens (primary N) is 2. The highest BCUT2D eigenvalue weighted by atomic mass is 16.2. The number of rotatable bonds is 33. The van der Waals surface area contributed by atoms with Crippen LogP contribution in [0.15, 0.2) is 0 Å². The molecule has 8 aliphatic rings. The summed E-state index contributed by atoms with van der Waals surface area (Å²) in [7, 11) is 0. The van der Waals surface area contributed by atoms with Crippen LogP contribution in [0, 0.1) is 71.0 Å². The van der Waals surface area contributed by atoms with Crippen molar-refractivity contribution in [3.8, 4) is 0 Å². The van der Waals surface area contributed by atoms with E-state index >= 15 is 0 Å². The molecule has 2 saturated carbocycles. The predicted octanol–water partition coefficient (Wildman–Crippen LogP) is -4.99. The van der Waals surface area contributed by atoms with Crippen LogP contribution in [0.1, 0.15) is 132 Å². The van der Waals surface area contributed by atoms with E-state index in [1.807, 2.05) is 55.4 Å². The molecule has 8 fully saturated rings. The minimum Gasteiger partial charge on any atom is -0.369 e. The minimum atomic E-state index is -0.683. The molecule has 6 aliphatic heterocycles. The smallest absolute Gasteiger partial charge is 0.226 e. The van der Waals surface area contributed by atoms with Crippen LogP contribution in [0.25, 0.3) is 0 Å². The van der Waals surface area contributed by atoms with Crippen LogP contribution in [-0.2, 0) is 57.5 Å². The summed E-state index contributed by atoms with van der Waals surface area (Å²) >= 11 is 0. The number of hydrogen-bond acceptors (Lipinski definition) is 19. The Kier molecular flexibility index (Phi) is 29.0.